The van der Waals surface area contributed by atoms with E-state index in [1.807, 2.05) is 24.3 Å². The molecule has 0 atom stereocenters. The van der Waals surface area contributed by atoms with Crippen LogP contribution in [0.3, 0.4) is 0 Å². The van der Waals surface area contributed by atoms with Crippen molar-refractivity contribution in [2.45, 2.75) is 13.0 Å². The molecule has 1 aromatic rings. The predicted molar refractivity (Wildman–Crippen MR) is 59.5 cm³/mol. The number of ether oxygens (including phenoxy) is 1. The zero-order valence-electron chi connectivity index (χ0n) is 8.82. The number of benzene rings is 1. The van der Waals surface area contributed by atoms with Crippen LogP contribution in [-0.2, 0) is 16.1 Å². The van der Waals surface area contributed by atoms with E-state index in [1.165, 1.54) is 0 Å². The van der Waals surface area contributed by atoms with E-state index in [9.17, 15) is 4.79 Å². The number of methoxy groups -OCH3 is 1. The lowest BCUT2D eigenvalue weighted by atomic mass is 10.2. The monoisotopic (exact) mass is 208 g/mol. The molecule has 4 heteroatoms. The van der Waals surface area contributed by atoms with Gasteiger partial charge in [-0.1, -0.05) is 12.1 Å². The Labute approximate surface area is 89.4 Å². The molecule has 1 rings (SSSR count). The van der Waals surface area contributed by atoms with Gasteiger partial charge in [-0.2, -0.15) is 0 Å². The molecule has 82 valence electrons. The number of carbonyl (C=O) groups is 1. The van der Waals surface area contributed by atoms with Crippen molar-refractivity contribution >= 4 is 11.6 Å². The summed E-state index contributed by atoms with van der Waals surface area (Å²) in [5, 5.41) is 2.78. The first-order chi connectivity index (χ1) is 7.26. The third kappa shape index (κ3) is 4.10. The first kappa shape index (κ1) is 11.7. The van der Waals surface area contributed by atoms with Crippen molar-refractivity contribution < 1.29 is 9.53 Å². The number of hydrogen-bond acceptors (Lipinski definition) is 3. The lowest BCUT2D eigenvalue weighted by Crippen LogP contribution is -2.13. The molecule has 0 bridgehead atoms. The zero-order valence-corrected chi connectivity index (χ0v) is 8.82. The van der Waals surface area contributed by atoms with Gasteiger partial charge in [0.15, 0.2) is 0 Å². The van der Waals surface area contributed by atoms with Crippen LogP contribution in [-0.4, -0.2) is 19.6 Å². The van der Waals surface area contributed by atoms with E-state index in [-0.39, 0.29) is 5.91 Å². The summed E-state index contributed by atoms with van der Waals surface area (Å²) in [6.07, 6.45) is 0.364. The summed E-state index contributed by atoms with van der Waals surface area (Å²) in [6, 6.07) is 7.49. The van der Waals surface area contributed by atoms with Gasteiger partial charge in [-0.05, 0) is 17.7 Å². The van der Waals surface area contributed by atoms with E-state index in [2.05, 4.69) is 5.32 Å². The molecule has 4 nitrogen and oxygen atoms in total. The maximum Gasteiger partial charge on any atom is 0.226 e. The number of nitrogens with one attached hydrogen (secondary N) is 1. The van der Waals surface area contributed by atoms with Gasteiger partial charge in [0.25, 0.3) is 0 Å². The maximum absolute atomic E-state index is 11.3. The Morgan fingerprint density at radius 3 is 3.00 bits per heavy atom. The Morgan fingerprint density at radius 1 is 1.53 bits per heavy atom. The average molecular weight is 208 g/mol. The zero-order chi connectivity index (χ0) is 11.1. The fourth-order valence-electron chi connectivity index (χ4n) is 1.19. The Morgan fingerprint density at radius 2 is 2.33 bits per heavy atom. The van der Waals surface area contributed by atoms with Crippen molar-refractivity contribution in [2.75, 3.05) is 19.0 Å². The minimum Gasteiger partial charge on any atom is -0.384 e. The van der Waals surface area contributed by atoms with Crippen LogP contribution >= 0.6 is 0 Å². The number of nitrogens with two attached hydrogens (primary N) is 1. The molecule has 0 unspecified atom stereocenters. The molecule has 15 heavy (non-hydrogen) atoms. The van der Waals surface area contributed by atoms with Crippen molar-refractivity contribution in [3.63, 3.8) is 0 Å². The van der Waals surface area contributed by atoms with E-state index < -0.39 is 0 Å². The first-order valence-corrected chi connectivity index (χ1v) is 4.84. The van der Waals surface area contributed by atoms with Gasteiger partial charge in [0, 0.05) is 19.3 Å². The van der Waals surface area contributed by atoms with Crippen LogP contribution in [0.5, 0.6) is 0 Å². The number of amides is 1. The summed E-state index contributed by atoms with van der Waals surface area (Å²) in [4.78, 5) is 11.3. The summed E-state index contributed by atoms with van der Waals surface area (Å²) >= 11 is 0. The summed E-state index contributed by atoms with van der Waals surface area (Å²) in [6.45, 7) is 0.907. The van der Waals surface area contributed by atoms with Gasteiger partial charge < -0.3 is 15.8 Å². The van der Waals surface area contributed by atoms with E-state index >= 15 is 0 Å². The molecule has 0 radical (unpaired) electrons. The Bertz CT molecular complexity index is 326. The maximum atomic E-state index is 11.3. The minimum absolute atomic E-state index is 0.0500. The third-order valence-corrected chi connectivity index (χ3v) is 1.98. The van der Waals surface area contributed by atoms with Crippen LogP contribution in [0.25, 0.3) is 0 Å². The highest BCUT2D eigenvalue weighted by Crippen LogP contribution is 2.10. The summed E-state index contributed by atoms with van der Waals surface area (Å²) in [7, 11) is 1.57. The lowest BCUT2D eigenvalue weighted by Gasteiger charge is -2.06. The Kier molecular flexibility index (Phi) is 4.80. The number of hydrogen-bond donors (Lipinski definition) is 2. The van der Waals surface area contributed by atoms with E-state index in [1.54, 1.807) is 7.11 Å². The second-order valence-corrected chi connectivity index (χ2v) is 3.20. The number of rotatable bonds is 5. The normalized spacial score (nSPS) is 10.0. The van der Waals surface area contributed by atoms with Gasteiger partial charge in [-0.3, -0.25) is 4.79 Å². The lowest BCUT2D eigenvalue weighted by molar-refractivity contribution is -0.117. The summed E-state index contributed by atoms with van der Waals surface area (Å²) < 4.78 is 4.81. The topological polar surface area (TPSA) is 64.3 Å². The van der Waals surface area contributed by atoms with Crippen molar-refractivity contribution in [1.82, 2.24) is 0 Å². The quantitative estimate of drug-likeness (QED) is 0.762. The summed E-state index contributed by atoms with van der Waals surface area (Å²) in [5.41, 5.74) is 7.27. The Balaban J connectivity index is 2.52. The van der Waals surface area contributed by atoms with Crippen LogP contribution < -0.4 is 11.1 Å². The molecular formula is C11H16N2O2. The molecule has 3 N–H and O–H groups in total. The van der Waals surface area contributed by atoms with Crippen molar-refractivity contribution in [1.29, 1.82) is 0 Å². The van der Waals surface area contributed by atoms with E-state index in [4.69, 9.17) is 10.5 Å². The molecule has 0 aromatic heterocycles. The van der Waals surface area contributed by atoms with Gasteiger partial charge in [-0.15, -0.1) is 0 Å². The van der Waals surface area contributed by atoms with E-state index in [0.717, 1.165) is 11.3 Å². The highest BCUT2D eigenvalue weighted by atomic mass is 16.5. The fourth-order valence-corrected chi connectivity index (χ4v) is 1.19. The molecule has 0 fully saturated rings. The molecule has 1 amide bonds. The van der Waals surface area contributed by atoms with Crippen LogP contribution in [0.4, 0.5) is 5.69 Å². The van der Waals surface area contributed by atoms with Crippen molar-refractivity contribution in [2.24, 2.45) is 5.73 Å². The molecule has 0 saturated carbocycles. The van der Waals surface area contributed by atoms with Gasteiger partial charge in [0.2, 0.25) is 5.91 Å². The second kappa shape index (κ2) is 6.16. The first-order valence-electron chi connectivity index (χ1n) is 4.84. The van der Waals surface area contributed by atoms with E-state index in [0.29, 0.717) is 19.6 Å². The van der Waals surface area contributed by atoms with Crippen molar-refractivity contribution in [3.8, 4) is 0 Å². The fraction of sp³-hybridized carbons (Fsp3) is 0.364. The van der Waals surface area contributed by atoms with Crippen LogP contribution in [0.1, 0.15) is 12.0 Å². The van der Waals surface area contributed by atoms with Gasteiger partial charge in [0.1, 0.15) is 0 Å². The molecule has 1 aromatic carbocycles. The summed E-state index contributed by atoms with van der Waals surface area (Å²) in [5.74, 6) is -0.0500. The molecule has 0 aliphatic rings. The average Bonchev–Trinajstić information content (AvgIpc) is 2.26. The number of anilines is 1. The van der Waals surface area contributed by atoms with Crippen LogP contribution in [0.15, 0.2) is 24.3 Å². The molecule has 0 saturated heterocycles. The highest BCUT2D eigenvalue weighted by molar-refractivity contribution is 5.90. The SMILES string of the molecule is COCCC(=O)Nc1cccc(CN)c1. The Hall–Kier alpha value is -1.39. The van der Waals surface area contributed by atoms with Crippen LogP contribution in [0, 0.1) is 0 Å². The highest BCUT2D eigenvalue weighted by Gasteiger charge is 2.01. The third-order valence-electron chi connectivity index (χ3n) is 1.98. The minimum atomic E-state index is -0.0500. The standard InChI is InChI=1S/C11H16N2O2/c1-15-6-5-11(14)13-10-4-2-3-9(7-10)8-12/h2-4,7H,5-6,8,12H2,1H3,(H,13,14). The molecule has 0 aliphatic carbocycles. The molecule has 0 heterocycles. The van der Waals surface area contributed by atoms with Gasteiger partial charge in [-0.25, -0.2) is 0 Å². The number of carbonyl (C=O) groups excluding carboxylic acids is 1. The van der Waals surface area contributed by atoms with Crippen LogP contribution in [0.2, 0.25) is 0 Å². The molecular weight excluding hydrogens is 192 g/mol. The molecule has 0 aliphatic heterocycles. The smallest absolute Gasteiger partial charge is 0.226 e. The largest absolute Gasteiger partial charge is 0.384 e. The predicted octanol–water partition coefficient (Wildman–Crippen LogP) is 1.12. The van der Waals surface area contributed by atoms with Crippen molar-refractivity contribution in [3.05, 3.63) is 29.8 Å². The molecule has 0 spiro atoms. The van der Waals surface area contributed by atoms with Gasteiger partial charge >= 0.3 is 0 Å². The second-order valence-electron chi connectivity index (χ2n) is 3.20. The van der Waals surface area contributed by atoms with Gasteiger partial charge in [0.05, 0.1) is 13.0 Å².